The largest absolute Gasteiger partial charge is 0.338 e. The number of aromatic nitrogens is 3. The Bertz CT molecular complexity index is 875. The number of amides is 2. The first-order valence-electron chi connectivity index (χ1n) is 9.51. The topological polar surface area (TPSA) is 63.1 Å². The summed E-state index contributed by atoms with van der Waals surface area (Å²) in [4.78, 5) is 23.2. The monoisotopic (exact) mass is 365 g/mol. The van der Waals surface area contributed by atoms with E-state index in [1.807, 2.05) is 42.3 Å². The molecule has 2 heterocycles. The lowest BCUT2D eigenvalue weighted by Crippen LogP contribution is -2.41. The number of carbonyl (C=O) groups excluding carboxylic acids is 1. The number of carbonyl (C=O) groups is 1. The highest BCUT2D eigenvalue weighted by molar-refractivity contribution is 5.76. The van der Waals surface area contributed by atoms with Crippen LogP contribution in [-0.2, 0) is 20.0 Å². The highest BCUT2D eigenvalue weighted by Gasteiger charge is 2.14. The maximum absolute atomic E-state index is 12.7. The van der Waals surface area contributed by atoms with E-state index in [2.05, 4.69) is 32.8 Å². The molecular formula is C21H27N5O. The van der Waals surface area contributed by atoms with Crippen molar-refractivity contribution in [3.8, 4) is 0 Å². The Morgan fingerprint density at radius 1 is 1.19 bits per heavy atom. The highest BCUT2D eigenvalue weighted by Crippen LogP contribution is 2.14. The summed E-state index contributed by atoms with van der Waals surface area (Å²) in [6.45, 7) is 4.04. The van der Waals surface area contributed by atoms with Gasteiger partial charge in [0.1, 0.15) is 5.82 Å². The van der Waals surface area contributed by atoms with Gasteiger partial charge in [-0.2, -0.15) is 0 Å². The van der Waals surface area contributed by atoms with E-state index in [4.69, 9.17) is 0 Å². The summed E-state index contributed by atoms with van der Waals surface area (Å²) >= 11 is 0. The number of hydrogen-bond acceptors (Lipinski definition) is 3. The van der Waals surface area contributed by atoms with Gasteiger partial charge < -0.3 is 14.8 Å². The molecule has 3 aromatic rings. The number of pyridine rings is 1. The van der Waals surface area contributed by atoms with Gasteiger partial charge in [0, 0.05) is 45.5 Å². The first kappa shape index (κ1) is 18.9. The molecular weight excluding hydrogens is 338 g/mol. The molecule has 1 N–H and O–H groups in total. The van der Waals surface area contributed by atoms with Crippen LogP contribution in [0.3, 0.4) is 0 Å². The summed E-state index contributed by atoms with van der Waals surface area (Å²) in [6.07, 6.45) is 6.27. The molecule has 0 fully saturated rings. The quantitative estimate of drug-likeness (QED) is 0.664. The van der Waals surface area contributed by atoms with Gasteiger partial charge in [-0.15, -0.1) is 0 Å². The summed E-state index contributed by atoms with van der Waals surface area (Å²) in [5.74, 6) is 0.978. The SMILES string of the molecule is CCCCN(Cc1ccncc1)C(=O)NCCc1nc2ccccc2n1C. The number of unbranched alkanes of at least 4 members (excludes halogenated alkanes) is 1. The second-order valence-corrected chi connectivity index (χ2v) is 6.69. The summed E-state index contributed by atoms with van der Waals surface area (Å²) in [7, 11) is 2.02. The standard InChI is InChI=1S/C21H27N5O/c1-3-4-15-26(16-17-9-12-22-13-10-17)21(27)23-14-11-20-24-18-7-5-6-8-19(18)25(20)2/h5-10,12-13H,3-4,11,14-16H2,1-2H3,(H,23,27). The molecule has 0 spiro atoms. The summed E-state index contributed by atoms with van der Waals surface area (Å²) < 4.78 is 2.09. The lowest BCUT2D eigenvalue weighted by Gasteiger charge is -2.23. The molecule has 0 saturated heterocycles. The van der Waals surface area contributed by atoms with Gasteiger partial charge in [-0.1, -0.05) is 25.5 Å². The third kappa shape index (κ3) is 4.84. The molecule has 3 rings (SSSR count). The average Bonchev–Trinajstić information content (AvgIpc) is 3.02. The Labute approximate surface area is 160 Å². The van der Waals surface area contributed by atoms with Crippen LogP contribution in [0, 0.1) is 0 Å². The number of rotatable bonds is 8. The van der Waals surface area contributed by atoms with Crippen LogP contribution < -0.4 is 5.32 Å². The van der Waals surface area contributed by atoms with Crippen molar-refractivity contribution in [1.82, 2.24) is 24.8 Å². The molecule has 27 heavy (non-hydrogen) atoms. The van der Waals surface area contributed by atoms with Gasteiger partial charge in [-0.05, 0) is 36.2 Å². The summed E-state index contributed by atoms with van der Waals surface area (Å²) in [5, 5.41) is 3.05. The lowest BCUT2D eigenvalue weighted by atomic mass is 10.2. The zero-order valence-corrected chi connectivity index (χ0v) is 16.1. The Balaban J connectivity index is 1.58. The molecule has 6 heteroatoms. The summed E-state index contributed by atoms with van der Waals surface area (Å²) in [6, 6.07) is 12.0. The fraction of sp³-hybridized carbons (Fsp3) is 0.381. The van der Waals surface area contributed by atoms with Crippen LogP contribution in [0.1, 0.15) is 31.2 Å². The van der Waals surface area contributed by atoms with Crippen LogP contribution in [0.2, 0.25) is 0 Å². The normalized spacial score (nSPS) is 10.9. The molecule has 142 valence electrons. The zero-order chi connectivity index (χ0) is 19.1. The van der Waals surface area contributed by atoms with Crippen molar-refractivity contribution in [3.63, 3.8) is 0 Å². The second kappa shape index (κ2) is 9.16. The first-order valence-corrected chi connectivity index (χ1v) is 9.51. The Kier molecular flexibility index (Phi) is 6.41. The second-order valence-electron chi connectivity index (χ2n) is 6.69. The van der Waals surface area contributed by atoms with E-state index < -0.39 is 0 Å². The third-order valence-electron chi connectivity index (χ3n) is 4.70. The van der Waals surface area contributed by atoms with Crippen molar-refractivity contribution in [2.75, 3.05) is 13.1 Å². The number of nitrogens with one attached hydrogen (secondary N) is 1. The van der Waals surface area contributed by atoms with Gasteiger partial charge in [-0.25, -0.2) is 9.78 Å². The lowest BCUT2D eigenvalue weighted by molar-refractivity contribution is 0.194. The number of imidazole rings is 1. The fourth-order valence-electron chi connectivity index (χ4n) is 3.12. The maximum atomic E-state index is 12.7. The molecule has 2 aromatic heterocycles. The van der Waals surface area contributed by atoms with Crippen LogP contribution in [0.4, 0.5) is 4.79 Å². The van der Waals surface area contributed by atoms with Crippen molar-refractivity contribution in [2.45, 2.75) is 32.7 Å². The van der Waals surface area contributed by atoms with Crippen LogP contribution in [-0.4, -0.2) is 38.6 Å². The predicted octanol–water partition coefficient (Wildman–Crippen LogP) is 3.52. The van der Waals surface area contributed by atoms with Gasteiger partial charge in [-0.3, -0.25) is 4.98 Å². The highest BCUT2D eigenvalue weighted by atomic mass is 16.2. The van der Waals surface area contributed by atoms with Crippen molar-refractivity contribution < 1.29 is 4.79 Å². The van der Waals surface area contributed by atoms with E-state index in [9.17, 15) is 4.79 Å². The van der Waals surface area contributed by atoms with Crippen LogP contribution >= 0.6 is 0 Å². The van der Waals surface area contributed by atoms with Crippen molar-refractivity contribution in [1.29, 1.82) is 0 Å². The van der Waals surface area contributed by atoms with Gasteiger partial charge in [0.15, 0.2) is 0 Å². The molecule has 0 saturated carbocycles. The van der Waals surface area contributed by atoms with Gasteiger partial charge in [0.25, 0.3) is 0 Å². The minimum absolute atomic E-state index is 0.0287. The Morgan fingerprint density at radius 2 is 1.96 bits per heavy atom. The number of para-hydroxylation sites is 2. The number of benzene rings is 1. The molecule has 0 aliphatic carbocycles. The fourth-order valence-corrected chi connectivity index (χ4v) is 3.12. The number of urea groups is 1. The molecule has 0 aliphatic rings. The number of hydrogen-bond donors (Lipinski definition) is 1. The molecule has 0 bridgehead atoms. The zero-order valence-electron chi connectivity index (χ0n) is 16.1. The molecule has 1 aromatic carbocycles. The third-order valence-corrected chi connectivity index (χ3v) is 4.70. The van der Waals surface area contributed by atoms with Gasteiger partial charge in [0.05, 0.1) is 11.0 Å². The van der Waals surface area contributed by atoms with Crippen LogP contribution in [0.5, 0.6) is 0 Å². The molecule has 2 amide bonds. The number of nitrogens with zero attached hydrogens (tertiary/aromatic N) is 4. The maximum Gasteiger partial charge on any atom is 0.317 e. The van der Waals surface area contributed by atoms with E-state index in [1.54, 1.807) is 12.4 Å². The minimum atomic E-state index is -0.0287. The Hall–Kier alpha value is -2.89. The number of aryl methyl sites for hydroxylation is 1. The van der Waals surface area contributed by atoms with Gasteiger partial charge >= 0.3 is 6.03 Å². The van der Waals surface area contributed by atoms with Crippen molar-refractivity contribution in [2.24, 2.45) is 7.05 Å². The molecule has 0 aliphatic heterocycles. The van der Waals surface area contributed by atoms with E-state index in [1.165, 1.54) is 0 Å². The van der Waals surface area contributed by atoms with Crippen LogP contribution in [0.25, 0.3) is 11.0 Å². The Morgan fingerprint density at radius 3 is 2.70 bits per heavy atom. The van der Waals surface area contributed by atoms with E-state index in [0.29, 0.717) is 19.5 Å². The predicted molar refractivity (Wildman–Crippen MR) is 107 cm³/mol. The van der Waals surface area contributed by atoms with E-state index in [-0.39, 0.29) is 6.03 Å². The summed E-state index contributed by atoms with van der Waals surface area (Å²) in [5.41, 5.74) is 3.19. The molecule has 0 radical (unpaired) electrons. The molecule has 0 atom stereocenters. The smallest absolute Gasteiger partial charge is 0.317 e. The van der Waals surface area contributed by atoms with E-state index >= 15 is 0 Å². The first-order chi connectivity index (χ1) is 13.2. The van der Waals surface area contributed by atoms with Crippen molar-refractivity contribution in [3.05, 3.63) is 60.2 Å². The van der Waals surface area contributed by atoms with Gasteiger partial charge in [0.2, 0.25) is 0 Å². The van der Waals surface area contributed by atoms with Crippen LogP contribution in [0.15, 0.2) is 48.8 Å². The molecule has 6 nitrogen and oxygen atoms in total. The average molecular weight is 365 g/mol. The van der Waals surface area contributed by atoms with Crippen molar-refractivity contribution >= 4 is 17.1 Å². The molecule has 0 unspecified atom stereocenters. The van der Waals surface area contributed by atoms with E-state index in [0.717, 1.165) is 41.8 Å². The number of fused-ring (bicyclic) bond motifs is 1. The minimum Gasteiger partial charge on any atom is -0.338 e.